The Bertz CT molecular complexity index is 170. The molecule has 0 saturated carbocycles. The molecule has 3 heteroatoms. The second-order valence-corrected chi connectivity index (χ2v) is 5.21. The van der Waals surface area contributed by atoms with Gasteiger partial charge in [-0.15, -0.1) is 0 Å². The van der Waals surface area contributed by atoms with Gasteiger partial charge in [0.15, 0.2) is 0 Å². The molecule has 1 heterocycles. The standard InChI is InChI=1S/C12H27N3/c1-11-5-8-15(12(9-11)10-13)7-4-6-14(2)3/h11-12H,4-10,13H2,1-3H3. The van der Waals surface area contributed by atoms with Crippen LogP contribution in [0.4, 0.5) is 0 Å². The third-order valence-electron chi connectivity index (χ3n) is 3.42. The molecule has 0 amide bonds. The number of nitrogens with zero attached hydrogens (tertiary/aromatic N) is 2. The topological polar surface area (TPSA) is 32.5 Å². The van der Waals surface area contributed by atoms with E-state index in [9.17, 15) is 0 Å². The zero-order valence-electron chi connectivity index (χ0n) is 10.6. The maximum Gasteiger partial charge on any atom is 0.0220 e. The van der Waals surface area contributed by atoms with Crippen molar-refractivity contribution in [3.8, 4) is 0 Å². The molecular weight excluding hydrogens is 186 g/mol. The smallest absolute Gasteiger partial charge is 0.0220 e. The minimum Gasteiger partial charge on any atom is -0.329 e. The Labute approximate surface area is 94.6 Å². The fourth-order valence-electron chi connectivity index (χ4n) is 2.43. The van der Waals surface area contributed by atoms with Crippen molar-refractivity contribution in [3.63, 3.8) is 0 Å². The van der Waals surface area contributed by atoms with E-state index in [0.717, 1.165) is 12.5 Å². The van der Waals surface area contributed by atoms with E-state index in [0.29, 0.717) is 6.04 Å². The van der Waals surface area contributed by atoms with Crippen LogP contribution in [0, 0.1) is 5.92 Å². The summed E-state index contributed by atoms with van der Waals surface area (Å²) in [5.41, 5.74) is 5.84. The van der Waals surface area contributed by atoms with Crippen molar-refractivity contribution in [2.75, 3.05) is 40.3 Å². The zero-order chi connectivity index (χ0) is 11.3. The summed E-state index contributed by atoms with van der Waals surface area (Å²) in [6.45, 7) is 6.82. The van der Waals surface area contributed by atoms with Gasteiger partial charge in [-0.25, -0.2) is 0 Å². The first-order chi connectivity index (χ1) is 7.13. The number of hydrogen-bond acceptors (Lipinski definition) is 3. The van der Waals surface area contributed by atoms with E-state index in [1.165, 1.54) is 38.9 Å². The molecule has 1 fully saturated rings. The number of nitrogens with two attached hydrogens (primary N) is 1. The van der Waals surface area contributed by atoms with Crippen molar-refractivity contribution in [2.24, 2.45) is 11.7 Å². The van der Waals surface area contributed by atoms with Gasteiger partial charge in [-0.2, -0.15) is 0 Å². The number of piperidine rings is 1. The first-order valence-electron chi connectivity index (χ1n) is 6.22. The second-order valence-electron chi connectivity index (χ2n) is 5.21. The molecule has 2 unspecified atom stereocenters. The lowest BCUT2D eigenvalue weighted by molar-refractivity contribution is 0.118. The minimum absolute atomic E-state index is 0.635. The third-order valence-corrected chi connectivity index (χ3v) is 3.42. The summed E-state index contributed by atoms with van der Waals surface area (Å²) in [5.74, 6) is 0.864. The molecule has 2 atom stereocenters. The predicted octanol–water partition coefficient (Wildman–Crippen LogP) is 0.997. The van der Waals surface area contributed by atoms with E-state index in [1.54, 1.807) is 0 Å². The minimum atomic E-state index is 0.635. The largest absolute Gasteiger partial charge is 0.329 e. The van der Waals surface area contributed by atoms with Gasteiger partial charge in [0.1, 0.15) is 0 Å². The summed E-state index contributed by atoms with van der Waals surface area (Å²) in [6, 6.07) is 0.635. The summed E-state index contributed by atoms with van der Waals surface area (Å²) in [7, 11) is 4.28. The van der Waals surface area contributed by atoms with Gasteiger partial charge in [0.05, 0.1) is 0 Å². The van der Waals surface area contributed by atoms with Crippen LogP contribution in [0.5, 0.6) is 0 Å². The van der Waals surface area contributed by atoms with Gasteiger partial charge in [-0.05, 0) is 58.9 Å². The lowest BCUT2D eigenvalue weighted by Gasteiger charge is -2.38. The summed E-state index contributed by atoms with van der Waals surface area (Å²) < 4.78 is 0. The molecule has 3 nitrogen and oxygen atoms in total. The molecular formula is C12H27N3. The second kappa shape index (κ2) is 6.46. The summed E-state index contributed by atoms with van der Waals surface area (Å²) >= 11 is 0. The molecule has 0 aliphatic carbocycles. The van der Waals surface area contributed by atoms with Crippen molar-refractivity contribution in [1.82, 2.24) is 9.80 Å². The van der Waals surface area contributed by atoms with Crippen LogP contribution in [0.15, 0.2) is 0 Å². The van der Waals surface area contributed by atoms with Crippen LogP contribution in [0.1, 0.15) is 26.2 Å². The highest BCUT2D eigenvalue weighted by Crippen LogP contribution is 2.21. The molecule has 1 rings (SSSR count). The highest BCUT2D eigenvalue weighted by atomic mass is 15.2. The van der Waals surface area contributed by atoms with Crippen LogP contribution in [-0.4, -0.2) is 56.1 Å². The SMILES string of the molecule is CC1CCN(CCCN(C)C)C(CN)C1. The Balaban J connectivity index is 2.26. The summed E-state index contributed by atoms with van der Waals surface area (Å²) in [5, 5.41) is 0. The van der Waals surface area contributed by atoms with Crippen molar-refractivity contribution in [2.45, 2.75) is 32.2 Å². The third kappa shape index (κ3) is 4.49. The van der Waals surface area contributed by atoms with E-state index in [-0.39, 0.29) is 0 Å². The molecule has 0 bridgehead atoms. The fraction of sp³-hybridized carbons (Fsp3) is 1.00. The molecule has 1 aliphatic rings. The van der Waals surface area contributed by atoms with Gasteiger partial charge in [-0.3, -0.25) is 4.90 Å². The number of rotatable bonds is 5. The number of hydrogen-bond donors (Lipinski definition) is 1. The Morgan fingerprint density at radius 3 is 2.73 bits per heavy atom. The predicted molar refractivity (Wildman–Crippen MR) is 66.0 cm³/mol. The van der Waals surface area contributed by atoms with Crippen molar-refractivity contribution in [3.05, 3.63) is 0 Å². The van der Waals surface area contributed by atoms with Crippen molar-refractivity contribution >= 4 is 0 Å². The summed E-state index contributed by atoms with van der Waals surface area (Å²) in [4.78, 5) is 4.84. The van der Waals surface area contributed by atoms with E-state index < -0.39 is 0 Å². The van der Waals surface area contributed by atoms with Gasteiger partial charge in [0.25, 0.3) is 0 Å². The Kier molecular flexibility index (Phi) is 5.58. The Hall–Kier alpha value is -0.120. The maximum atomic E-state index is 5.84. The maximum absolute atomic E-state index is 5.84. The van der Waals surface area contributed by atoms with E-state index in [2.05, 4.69) is 30.8 Å². The first kappa shape index (κ1) is 12.9. The highest BCUT2D eigenvalue weighted by Gasteiger charge is 2.24. The average Bonchev–Trinajstić information content (AvgIpc) is 2.19. The highest BCUT2D eigenvalue weighted by molar-refractivity contribution is 4.80. The average molecular weight is 213 g/mol. The molecule has 2 N–H and O–H groups in total. The van der Waals surface area contributed by atoms with Gasteiger partial charge in [0.2, 0.25) is 0 Å². The Morgan fingerprint density at radius 2 is 2.13 bits per heavy atom. The van der Waals surface area contributed by atoms with E-state index >= 15 is 0 Å². The fourth-order valence-corrected chi connectivity index (χ4v) is 2.43. The van der Waals surface area contributed by atoms with Gasteiger partial charge < -0.3 is 10.6 Å². The molecule has 1 saturated heterocycles. The molecule has 0 aromatic carbocycles. The van der Waals surface area contributed by atoms with Crippen LogP contribution in [0.3, 0.4) is 0 Å². The van der Waals surface area contributed by atoms with Crippen LogP contribution >= 0.6 is 0 Å². The van der Waals surface area contributed by atoms with Crippen molar-refractivity contribution < 1.29 is 0 Å². The van der Waals surface area contributed by atoms with Gasteiger partial charge in [0, 0.05) is 12.6 Å². The molecule has 90 valence electrons. The lowest BCUT2D eigenvalue weighted by atomic mass is 9.92. The lowest BCUT2D eigenvalue weighted by Crippen LogP contribution is -2.46. The molecule has 0 aromatic heterocycles. The molecule has 0 spiro atoms. The first-order valence-corrected chi connectivity index (χ1v) is 6.22. The molecule has 0 aromatic rings. The van der Waals surface area contributed by atoms with Crippen LogP contribution < -0.4 is 5.73 Å². The summed E-state index contributed by atoms with van der Waals surface area (Å²) in [6.07, 6.45) is 3.90. The van der Waals surface area contributed by atoms with E-state index in [1.807, 2.05) is 0 Å². The normalized spacial score (nSPS) is 28.6. The van der Waals surface area contributed by atoms with Crippen LogP contribution in [0.25, 0.3) is 0 Å². The van der Waals surface area contributed by atoms with Gasteiger partial charge in [-0.1, -0.05) is 6.92 Å². The van der Waals surface area contributed by atoms with Crippen LogP contribution in [-0.2, 0) is 0 Å². The van der Waals surface area contributed by atoms with Crippen LogP contribution in [0.2, 0.25) is 0 Å². The molecule has 15 heavy (non-hydrogen) atoms. The Morgan fingerprint density at radius 1 is 1.40 bits per heavy atom. The molecule has 0 radical (unpaired) electrons. The van der Waals surface area contributed by atoms with Gasteiger partial charge >= 0.3 is 0 Å². The van der Waals surface area contributed by atoms with E-state index in [4.69, 9.17) is 5.73 Å². The van der Waals surface area contributed by atoms with Crippen molar-refractivity contribution in [1.29, 1.82) is 0 Å². The molecule has 1 aliphatic heterocycles. The monoisotopic (exact) mass is 213 g/mol. The quantitative estimate of drug-likeness (QED) is 0.739. The number of likely N-dealkylation sites (tertiary alicyclic amines) is 1. The zero-order valence-corrected chi connectivity index (χ0v) is 10.6.